The molecule has 1 heterocycles. The van der Waals surface area contributed by atoms with Crippen LogP contribution in [0.25, 0.3) is 0 Å². The molecule has 1 spiro atoms. The lowest BCUT2D eigenvalue weighted by Crippen LogP contribution is -2.33. The molecule has 1 fully saturated rings. The van der Waals surface area contributed by atoms with E-state index in [4.69, 9.17) is 0 Å². The van der Waals surface area contributed by atoms with E-state index >= 15 is 0 Å². The molecule has 0 radical (unpaired) electrons. The second-order valence-electron chi connectivity index (χ2n) is 4.48. The third kappa shape index (κ3) is 1.25. The average molecular weight is 204 g/mol. The van der Waals surface area contributed by atoms with Gasteiger partial charge in [-0.3, -0.25) is 10.1 Å². The van der Waals surface area contributed by atoms with E-state index in [0.717, 1.165) is 25.9 Å². The molecule has 1 aromatic carbocycles. The first-order valence-electron chi connectivity index (χ1n) is 5.20. The summed E-state index contributed by atoms with van der Waals surface area (Å²) in [6.07, 6.45) is 2.32. The quantitative estimate of drug-likeness (QED) is 0.560. The molecule has 1 N–H and O–H groups in total. The second-order valence-corrected chi connectivity index (χ2v) is 4.48. The highest BCUT2D eigenvalue weighted by molar-refractivity contribution is 5.48. The van der Waals surface area contributed by atoms with Crippen molar-refractivity contribution >= 4 is 5.69 Å². The van der Waals surface area contributed by atoms with Crippen molar-refractivity contribution in [1.82, 2.24) is 5.32 Å². The van der Waals surface area contributed by atoms with Crippen LogP contribution in [-0.4, -0.2) is 11.5 Å². The highest BCUT2D eigenvalue weighted by atomic mass is 16.6. The Kier molecular flexibility index (Phi) is 1.65. The van der Waals surface area contributed by atoms with Crippen LogP contribution in [0.3, 0.4) is 0 Å². The highest BCUT2D eigenvalue weighted by Gasteiger charge is 2.47. The fourth-order valence-corrected chi connectivity index (χ4v) is 2.45. The van der Waals surface area contributed by atoms with Crippen LogP contribution >= 0.6 is 0 Å². The van der Waals surface area contributed by atoms with Crippen molar-refractivity contribution in [2.45, 2.75) is 24.8 Å². The van der Waals surface area contributed by atoms with Crippen LogP contribution in [0, 0.1) is 10.1 Å². The Hall–Kier alpha value is -1.42. The van der Waals surface area contributed by atoms with E-state index in [1.165, 1.54) is 11.1 Å². The first-order chi connectivity index (χ1) is 7.21. The van der Waals surface area contributed by atoms with Crippen LogP contribution in [0.15, 0.2) is 18.2 Å². The Morgan fingerprint density at radius 3 is 2.87 bits per heavy atom. The third-order valence-electron chi connectivity index (χ3n) is 3.51. The molecule has 0 saturated heterocycles. The molecule has 0 bridgehead atoms. The number of benzene rings is 1. The molecule has 0 aromatic heterocycles. The van der Waals surface area contributed by atoms with Gasteiger partial charge in [0, 0.05) is 30.6 Å². The minimum atomic E-state index is -0.307. The van der Waals surface area contributed by atoms with Crippen LogP contribution in [0.1, 0.15) is 24.0 Å². The predicted octanol–water partition coefficient (Wildman–Crippen LogP) is 1.73. The van der Waals surface area contributed by atoms with Crippen molar-refractivity contribution in [3.05, 3.63) is 39.4 Å². The maximum atomic E-state index is 10.7. The van der Waals surface area contributed by atoms with Gasteiger partial charge in [-0.15, -0.1) is 0 Å². The van der Waals surface area contributed by atoms with Crippen LogP contribution < -0.4 is 5.32 Å². The van der Waals surface area contributed by atoms with Crippen LogP contribution in [0.4, 0.5) is 5.69 Å². The second kappa shape index (κ2) is 2.79. The lowest BCUT2D eigenvalue weighted by molar-refractivity contribution is -0.385. The molecule has 1 aromatic rings. The standard InChI is InChI=1S/C11H12N2O2/c14-13(15)9-2-1-8-6-12-7-11(3-4-11)10(8)5-9/h1-2,5,12H,3-4,6-7H2. The van der Waals surface area contributed by atoms with Gasteiger partial charge in [-0.2, -0.15) is 0 Å². The maximum Gasteiger partial charge on any atom is 0.269 e. The predicted molar refractivity (Wildman–Crippen MR) is 55.7 cm³/mol. The maximum absolute atomic E-state index is 10.7. The number of nitrogens with one attached hydrogen (secondary N) is 1. The van der Waals surface area contributed by atoms with E-state index < -0.39 is 0 Å². The average Bonchev–Trinajstić information content (AvgIpc) is 2.99. The van der Waals surface area contributed by atoms with E-state index in [2.05, 4.69) is 5.32 Å². The lowest BCUT2D eigenvalue weighted by atomic mass is 9.88. The summed E-state index contributed by atoms with van der Waals surface area (Å²) in [4.78, 5) is 10.4. The third-order valence-corrected chi connectivity index (χ3v) is 3.51. The first kappa shape index (κ1) is 8.85. The molecular weight excluding hydrogens is 192 g/mol. The summed E-state index contributed by atoms with van der Waals surface area (Å²) < 4.78 is 0. The zero-order valence-electron chi connectivity index (χ0n) is 8.32. The zero-order chi connectivity index (χ0) is 10.5. The van der Waals surface area contributed by atoms with Crippen LogP contribution in [0.5, 0.6) is 0 Å². The topological polar surface area (TPSA) is 55.2 Å². The molecule has 4 nitrogen and oxygen atoms in total. The molecule has 78 valence electrons. The SMILES string of the molecule is O=[N+]([O-])c1ccc2c(c1)C1(CC1)CNC2. The minimum Gasteiger partial charge on any atom is -0.312 e. The Bertz CT molecular complexity index is 438. The minimum absolute atomic E-state index is 0.222. The molecule has 2 aliphatic rings. The van der Waals surface area contributed by atoms with Gasteiger partial charge in [-0.25, -0.2) is 0 Å². The number of nitrogens with zero attached hydrogens (tertiary/aromatic N) is 1. The Morgan fingerprint density at radius 2 is 2.20 bits per heavy atom. The molecule has 15 heavy (non-hydrogen) atoms. The summed E-state index contributed by atoms with van der Waals surface area (Å²) in [7, 11) is 0. The fraction of sp³-hybridized carbons (Fsp3) is 0.455. The van der Waals surface area contributed by atoms with E-state index in [9.17, 15) is 10.1 Å². The smallest absolute Gasteiger partial charge is 0.269 e. The van der Waals surface area contributed by atoms with Gasteiger partial charge in [0.15, 0.2) is 0 Å². The number of non-ortho nitro benzene ring substituents is 1. The van der Waals surface area contributed by atoms with Gasteiger partial charge in [0.1, 0.15) is 0 Å². The first-order valence-corrected chi connectivity index (χ1v) is 5.20. The number of hydrogen-bond acceptors (Lipinski definition) is 3. The number of fused-ring (bicyclic) bond motifs is 2. The number of nitro benzene ring substituents is 1. The largest absolute Gasteiger partial charge is 0.312 e. The van der Waals surface area contributed by atoms with Crippen molar-refractivity contribution in [3.63, 3.8) is 0 Å². The van der Waals surface area contributed by atoms with E-state index in [1.54, 1.807) is 12.1 Å². The van der Waals surface area contributed by atoms with Crippen molar-refractivity contribution in [1.29, 1.82) is 0 Å². The van der Waals surface area contributed by atoms with Gasteiger partial charge in [-0.05, 0) is 24.0 Å². The summed E-state index contributed by atoms with van der Waals surface area (Å²) in [6, 6.07) is 5.25. The van der Waals surface area contributed by atoms with Crippen molar-refractivity contribution < 1.29 is 4.92 Å². The van der Waals surface area contributed by atoms with Crippen molar-refractivity contribution in [3.8, 4) is 0 Å². The summed E-state index contributed by atoms with van der Waals surface area (Å²) in [5.41, 5.74) is 2.88. The number of hydrogen-bond donors (Lipinski definition) is 1. The normalized spacial score (nSPS) is 21.1. The zero-order valence-corrected chi connectivity index (χ0v) is 8.32. The molecule has 4 heteroatoms. The van der Waals surface area contributed by atoms with E-state index in [0.29, 0.717) is 0 Å². The molecule has 1 aliphatic heterocycles. The van der Waals surface area contributed by atoms with Crippen LogP contribution in [0.2, 0.25) is 0 Å². The molecular formula is C11H12N2O2. The van der Waals surface area contributed by atoms with Gasteiger partial charge in [0.2, 0.25) is 0 Å². The van der Waals surface area contributed by atoms with Crippen LogP contribution in [-0.2, 0) is 12.0 Å². The van der Waals surface area contributed by atoms with Crippen molar-refractivity contribution in [2.75, 3.05) is 6.54 Å². The summed E-state index contributed by atoms with van der Waals surface area (Å²) in [6.45, 7) is 1.82. The Morgan fingerprint density at radius 1 is 1.40 bits per heavy atom. The highest BCUT2D eigenvalue weighted by Crippen LogP contribution is 2.51. The number of rotatable bonds is 1. The van der Waals surface area contributed by atoms with E-state index in [-0.39, 0.29) is 16.0 Å². The molecule has 3 rings (SSSR count). The Labute approximate surface area is 87.4 Å². The molecule has 0 atom stereocenters. The number of nitro groups is 1. The summed E-state index contributed by atoms with van der Waals surface area (Å²) >= 11 is 0. The molecule has 0 amide bonds. The van der Waals surface area contributed by atoms with Gasteiger partial charge in [0.25, 0.3) is 5.69 Å². The molecule has 1 aliphatic carbocycles. The fourth-order valence-electron chi connectivity index (χ4n) is 2.45. The van der Waals surface area contributed by atoms with Gasteiger partial charge in [-0.1, -0.05) is 6.07 Å². The molecule has 1 saturated carbocycles. The lowest BCUT2D eigenvalue weighted by Gasteiger charge is -2.25. The van der Waals surface area contributed by atoms with Gasteiger partial charge < -0.3 is 5.32 Å². The molecule has 0 unspecified atom stereocenters. The Balaban J connectivity index is 2.12. The summed E-state index contributed by atoms with van der Waals surface area (Å²) in [5.74, 6) is 0. The monoisotopic (exact) mass is 204 g/mol. The van der Waals surface area contributed by atoms with Crippen molar-refractivity contribution in [2.24, 2.45) is 0 Å². The van der Waals surface area contributed by atoms with E-state index in [1.807, 2.05) is 6.07 Å². The summed E-state index contributed by atoms with van der Waals surface area (Å²) in [5, 5.41) is 14.1. The van der Waals surface area contributed by atoms with Gasteiger partial charge >= 0.3 is 0 Å². The van der Waals surface area contributed by atoms with Gasteiger partial charge in [0.05, 0.1) is 4.92 Å².